The van der Waals surface area contributed by atoms with Crippen molar-refractivity contribution in [3.05, 3.63) is 52.0 Å². The molecular formula is C18H22N6O2. The van der Waals surface area contributed by atoms with Crippen LogP contribution < -0.4 is 10.6 Å². The molecule has 8 heteroatoms. The second-order valence-corrected chi connectivity index (χ2v) is 6.31. The maximum atomic E-state index is 11.6. The molecule has 2 aromatic heterocycles. The first-order chi connectivity index (χ1) is 12.6. The van der Waals surface area contributed by atoms with Gasteiger partial charge >= 0.3 is 5.69 Å². The van der Waals surface area contributed by atoms with Gasteiger partial charge in [-0.15, -0.1) is 0 Å². The number of nitrogens with zero attached hydrogens (tertiary/aromatic N) is 4. The Kier molecular flexibility index (Phi) is 5.73. The van der Waals surface area contributed by atoms with Crippen molar-refractivity contribution < 1.29 is 4.92 Å². The number of aromatic nitrogens is 3. The van der Waals surface area contributed by atoms with Crippen LogP contribution in [0.3, 0.4) is 0 Å². The van der Waals surface area contributed by atoms with Crippen molar-refractivity contribution in [2.75, 3.05) is 17.2 Å². The number of hydrogen-bond donors (Lipinski definition) is 2. The first-order valence-electron chi connectivity index (χ1n) is 8.74. The molecule has 0 spiro atoms. The number of aryl methyl sites for hydroxylation is 1. The molecule has 0 saturated carbocycles. The van der Waals surface area contributed by atoms with Gasteiger partial charge in [0.05, 0.1) is 4.92 Å². The zero-order valence-electron chi connectivity index (χ0n) is 14.7. The molecule has 3 rings (SSSR count). The minimum Gasteiger partial charge on any atom is -0.364 e. The average Bonchev–Trinajstić information content (AvgIpc) is 2.64. The second-order valence-electron chi connectivity index (χ2n) is 6.31. The largest absolute Gasteiger partial charge is 0.364 e. The maximum Gasteiger partial charge on any atom is 0.353 e. The van der Waals surface area contributed by atoms with E-state index in [1.807, 2.05) is 13.0 Å². The Bertz CT molecular complexity index is 804. The summed E-state index contributed by atoms with van der Waals surface area (Å²) in [4.78, 5) is 23.4. The summed E-state index contributed by atoms with van der Waals surface area (Å²) in [5.41, 5.74) is 2.24. The lowest BCUT2D eigenvalue weighted by molar-refractivity contribution is -0.383. The third kappa shape index (κ3) is 4.53. The Morgan fingerprint density at radius 2 is 2.04 bits per heavy atom. The molecule has 2 N–H and O–H groups in total. The van der Waals surface area contributed by atoms with Crippen molar-refractivity contribution in [3.63, 3.8) is 0 Å². The van der Waals surface area contributed by atoms with Crippen molar-refractivity contribution in [3.8, 4) is 0 Å². The fourth-order valence-corrected chi connectivity index (χ4v) is 2.91. The van der Waals surface area contributed by atoms with Crippen LogP contribution in [0.1, 0.15) is 37.7 Å². The molecular weight excluding hydrogens is 332 g/mol. The Balaban J connectivity index is 1.73. The minimum atomic E-state index is -0.473. The molecule has 0 atom stereocenters. The molecule has 8 nitrogen and oxygen atoms in total. The fourth-order valence-electron chi connectivity index (χ4n) is 2.91. The lowest BCUT2D eigenvalue weighted by atomic mass is 9.97. The van der Waals surface area contributed by atoms with Gasteiger partial charge in [-0.25, -0.2) is 15.0 Å². The van der Waals surface area contributed by atoms with E-state index < -0.39 is 4.92 Å². The van der Waals surface area contributed by atoms with E-state index in [-0.39, 0.29) is 17.3 Å². The molecule has 26 heavy (non-hydrogen) atoms. The van der Waals surface area contributed by atoms with E-state index >= 15 is 0 Å². The fraction of sp³-hybridized carbons (Fsp3) is 0.389. The van der Waals surface area contributed by atoms with Gasteiger partial charge in [-0.2, -0.15) is 0 Å². The van der Waals surface area contributed by atoms with Gasteiger partial charge in [0.1, 0.15) is 12.1 Å². The second kappa shape index (κ2) is 8.37. The van der Waals surface area contributed by atoms with Crippen LogP contribution in [0, 0.1) is 17.0 Å². The molecule has 0 aromatic carbocycles. The van der Waals surface area contributed by atoms with Gasteiger partial charge in [-0.05, 0) is 50.7 Å². The van der Waals surface area contributed by atoms with E-state index in [0.29, 0.717) is 12.4 Å². The highest BCUT2D eigenvalue weighted by atomic mass is 16.6. The molecule has 2 aromatic rings. The van der Waals surface area contributed by atoms with Crippen LogP contribution in [-0.4, -0.2) is 26.4 Å². The van der Waals surface area contributed by atoms with E-state index in [1.54, 1.807) is 12.3 Å². The van der Waals surface area contributed by atoms with Gasteiger partial charge in [0.2, 0.25) is 11.6 Å². The highest BCUT2D eigenvalue weighted by molar-refractivity contribution is 5.72. The van der Waals surface area contributed by atoms with Crippen LogP contribution in [0.2, 0.25) is 0 Å². The highest BCUT2D eigenvalue weighted by Crippen LogP contribution is 2.31. The normalized spacial score (nSPS) is 13.8. The van der Waals surface area contributed by atoms with Gasteiger partial charge in [0.25, 0.3) is 0 Å². The summed E-state index contributed by atoms with van der Waals surface area (Å²) in [5.74, 6) is 0.840. The maximum absolute atomic E-state index is 11.6. The number of allylic oxidation sites excluding steroid dienone is 1. The number of nitrogens with one attached hydrogen (secondary N) is 2. The topological polar surface area (TPSA) is 106 Å². The molecule has 0 bridgehead atoms. The third-order valence-corrected chi connectivity index (χ3v) is 4.29. The molecule has 0 unspecified atom stereocenters. The lowest BCUT2D eigenvalue weighted by Crippen LogP contribution is -2.10. The standard InChI is InChI=1S/C18H22N6O2/c1-13-7-8-15(20-11-13)23-18-16(24(25)26)17(21-12-22-18)19-10-9-14-5-3-2-4-6-14/h5,7-8,11-12H,2-4,6,9-10H2,1H3,(H2,19,20,21,22,23). The SMILES string of the molecule is Cc1ccc(Nc2ncnc(NCCC3=CCCCC3)c2[N+](=O)[O-])nc1. The van der Waals surface area contributed by atoms with E-state index in [1.165, 1.54) is 24.7 Å². The average molecular weight is 354 g/mol. The van der Waals surface area contributed by atoms with E-state index in [2.05, 4.69) is 31.7 Å². The van der Waals surface area contributed by atoms with E-state index in [9.17, 15) is 10.1 Å². The van der Waals surface area contributed by atoms with Gasteiger partial charge < -0.3 is 10.6 Å². The molecule has 1 aliphatic carbocycles. The van der Waals surface area contributed by atoms with Crippen molar-refractivity contribution in [1.82, 2.24) is 15.0 Å². The van der Waals surface area contributed by atoms with Crippen molar-refractivity contribution in [2.45, 2.75) is 39.0 Å². The number of anilines is 3. The number of nitro groups is 1. The third-order valence-electron chi connectivity index (χ3n) is 4.29. The molecule has 0 amide bonds. The molecule has 0 saturated heterocycles. The van der Waals surface area contributed by atoms with Gasteiger partial charge in [-0.3, -0.25) is 10.1 Å². The Morgan fingerprint density at radius 3 is 2.73 bits per heavy atom. The van der Waals surface area contributed by atoms with Crippen LogP contribution in [0.25, 0.3) is 0 Å². The summed E-state index contributed by atoms with van der Waals surface area (Å²) >= 11 is 0. The Hall–Kier alpha value is -3.03. The number of pyridine rings is 1. The van der Waals surface area contributed by atoms with Crippen LogP contribution in [0.15, 0.2) is 36.3 Å². The summed E-state index contributed by atoms with van der Waals surface area (Å²) in [6.07, 6.45) is 10.8. The Labute approximate surface area is 151 Å². The van der Waals surface area contributed by atoms with Gasteiger partial charge in [0.15, 0.2) is 0 Å². The van der Waals surface area contributed by atoms with Crippen LogP contribution in [0.4, 0.5) is 23.1 Å². The van der Waals surface area contributed by atoms with Crippen molar-refractivity contribution >= 4 is 23.1 Å². The van der Waals surface area contributed by atoms with Crippen molar-refractivity contribution in [2.24, 2.45) is 0 Å². The molecule has 0 fully saturated rings. The zero-order chi connectivity index (χ0) is 18.4. The smallest absolute Gasteiger partial charge is 0.353 e. The highest BCUT2D eigenvalue weighted by Gasteiger charge is 2.23. The van der Waals surface area contributed by atoms with E-state index in [4.69, 9.17) is 0 Å². The molecule has 2 heterocycles. The molecule has 1 aliphatic rings. The molecule has 136 valence electrons. The van der Waals surface area contributed by atoms with E-state index in [0.717, 1.165) is 24.8 Å². The predicted molar refractivity (Wildman–Crippen MR) is 101 cm³/mol. The summed E-state index contributed by atoms with van der Waals surface area (Å²) < 4.78 is 0. The van der Waals surface area contributed by atoms with Crippen LogP contribution in [-0.2, 0) is 0 Å². The zero-order valence-corrected chi connectivity index (χ0v) is 14.7. The summed E-state index contributed by atoms with van der Waals surface area (Å²) in [7, 11) is 0. The van der Waals surface area contributed by atoms with Crippen molar-refractivity contribution in [1.29, 1.82) is 0 Å². The Morgan fingerprint density at radius 1 is 1.19 bits per heavy atom. The van der Waals surface area contributed by atoms with Crippen LogP contribution in [0.5, 0.6) is 0 Å². The monoisotopic (exact) mass is 354 g/mol. The lowest BCUT2D eigenvalue weighted by Gasteiger charge is -2.13. The summed E-state index contributed by atoms with van der Waals surface area (Å²) in [5, 5.41) is 17.6. The van der Waals surface area contributed by atoms with Gasteiger partial charge in [0, 0.05) is 12.7 Å². The summed E-state index contributed by atoms with van der Waals surface area (Å²) in [6, 6.07) is 3.63. The predicted octanol–water partition coefficient (Wildman–Crippen LogP) is 4.13. The first-order valence-corrected chi connectivity index (χ1v) is 8.74. The molecule has 0 radical (unpaired) electrons. The first kappa shape index (κ1) is 17.8. The van der Waals surface area contributed by atoms with Gasteiger partial charge in [-0.1, -0.05) is 17.7 Å². The number of hydrogen-bond acceptors (Lipinski definition) is 7. The van der Waals surface area contributed by atoms with Crippen LogP contribution >= 0.6 is 0 Å². The summed E-state index contributed by atoms with van der Waals surface area (Å²) in [6.45, 7) is 2.53. The molecule has 0 aliphatic heterocycles. The quantitative estimate of drug-likeness (QED) is 0.437. The number of rotatable bonds is 7. The minimum absolute atomic E-state index is 0.126.